The van der Waals surface area contributed by atoms with E-state index in [0.717, 1.165) is 5.95 Å². The number of likely N-dealkylation sites (tertiary alicyclic amines) is 1. The van der Waals surface area contributed by atoms with Gasteiger partial charge in [0.25, 0.3) is 0 Å². The first-order valence-corrected chi connectivity index (χ1v) is 7.81. The monoisotopic (exact) mass is 262 g/mol. The molecule has 1 N–H and O–H groups in total. The molecular formula is C15H26N4. The zero-order chi connectivity index (χ0) is 13.1. The lowest BCUT2D eigenvalue weighted by Crippen LogP contribution is -2.32. The van der Waals surface area contributed by atoms with Crippen LogP contribution in [0.25, 0.3) is 0 Å². The predicted octanol–water partition coefficient (Wildman–Crippen LogP) is 2.89. The number of aromatic nitrogens is 2. The quantitative estimate of drug-likeness (QED) is 0.909. The second-order valence-electron chi connectivity index (χ2n) is 6.17. The molecule has 4 nitrogen and oxygen atoms in total. The van der Waals surface area contributed by atoms with Gasteiger partial charge in [0.15, 0.2) is 0 Å². The lowest BCUT2D eigenvalue weighted by molar-refractivity contribution is 0.222. The zero-order valence-corrected chi connectivity index (χ0v) is 12.0. The molecule has 0 atom stereocenters. The van der Waals surface area contributed by atoms with Crippen LogP contribution in [-0.4, -0.2) is 40.6 Å². The van der Waals surface area contributed by atoms with Gasteiger partial charge in [-0.3, -0.25) is 0 Å². The molecule has 4 heteroatoms. The predicted molar refractivity (Wildman–Crippen MR) is 78.5 cm³/mol. The molecule has 1 saturated carbocycles. The third-order valence-corrected chi connectivity index (χ3v) is 4.69. The molecule has 0 bridgehead atoms. The summed E-state index contributed by atoms with van der Waals surface area (Å²) < 4.78 is 2.38. The number of hydrogen-bond acceptors (Lipinski definition) is 3. The smallest absolute Gasteiger partial charge is 0.203 e. The van der Waals surface area contributed by atoms with E-state index < -0.39 is 0 Å². The number of piperidine rings is 1. The van der Waals surface area contributed by atoms with Gasteiger partial charge in [-0.2, -0.15) is 0 Å². The molecule has 1 aliphatic heterocycles. The molecule has 1 aromatic heterocycles. The van der Waals surface area contributed by atoms with Crippen LogP contribution < -0.4 is 5.32 Å². The van der Waals surface area contributed by atoms with Crippen LogP contribution in [0.1, 0.15) is 51.0 Å². The highest BCUT2D eigenvalue weighted by Crippen LogP contribution is 2.27. The summed E-state index contributed by atoms with van der Waals surface area (Å²) in [7, 11) is 2.21. The van der Waals surface area contributed by atoms with E-state index in [4.69, 9.17) is 0 Å². The van der Waals surface area contributed by atoms with Crippen LogP contribution in [-0.2, 0) is 0 Å². The first-order valence-electron chi connectivity index (χ1n) is 7.81. The largest absolute Gasteiger partial charge is 0.353 e. The Morgan fingerprint density at radius 3 is 2.58 bits per heavy atom. The van der Waals surface area contributed by atoms with E-state index in [1.807, 2.05) is 6.20 Å². The first-order chi connectivity index (χ1) is 9.33. The van der Waals surface area contributed by atoms with Gasteiger partial charge in [0.05, 0.1) is 0 Å². The molecule has 19 heavy (non-hydrogen) atoms. The topological polar surface area (TPSA) is 33.1 Å². The summed E-state index contributed by atoms with van der Waals surface area (Å²) in [6.07, 6.45) is 13.3. The maximum Gasteiger partial charge on any atom is 0.203 e. The number of rotatable bonds is 3. The molecule has 106 valence electrons. The highest BCUT2D eigenvalue weighted by molar-refractivity contribution is 5.28. The third kappa shape index (κ3) is 3.11. The lowest BCUT2D eigenvalue weighted by atomic mass is 9.96. The van der Waals surface area contributed by atoms with Crippen LogP contribution in [0.3, 0.4) is 0 Å². The number of imidazole rings is 1. The van der Waals surface area contributed by atoms with Gasteiger partial charge in [-0.15, -0.1) is 0 Å². The summed E-state index contributed by atoms with van der Waals surface area (Å²) in [6, 6.07) is 1.27. The number of nitrogens with one attached hydrogen (secondary N) is 1. The number of anilines is 1. The third-order valence-electron chi connectivity index (χ3n) is 4.69. The van der Waals surface area contributed by atoms with Gasteiger partial charge in [0.1, 0.15) is 0 Å². The molecule has 2 fully saturated rings. The fourth-order valence-corrected chi connectivity index (χ4v) is 3.42. The minimum absolute atomic E-state index is 0.629. The van der Waals surface area contributed by atoms with Crippen LogP contribution in [0.4, 0.5) is 5.95 Å². The second kappa shape index (κ2) is 5.95. The van der Waals surface area contributed by atoms with E-state index in [9.17, 15) is 0 Å². The Morgan fingerprint density at radius 1 is 1.11 bits per heavy atom. The van der Waals surface area contributed by atoms with Crippen molar-refractivity contribution >= 4 is 5.95 Å². The molecule has 3 rings (SSSR count). The van der Waals surface area contributed by atoms with Gasteiger partial charge in [-0.25, -0.2) is 4.98 Å². The number of nitrogens with zero attached hydrogens (tertiary/aromatic N) is 3. The van der Waals surface area contributed by atoms with Gasteiger partial charge < -0.3 is 14.8 Å². The summed E-state index contributed by atoms with van der Waals surface area (Å²) in [6.45, 7) is 2.40. The maximum absolute atomic E-state index is 4.54. The average molecular weight is 262 g/mol. The Bertz CT molecular complexity index is 387. The summed E-state index contributed by atoms with van der Waals surface area (Å²) in [5.74, 6) is 1.10. The van der Waals surface area contributed by atoms with Gasteiger partial charge in [-0.05, 0) is 45.8 Å². The van der Waals surface area contributed by atoms with E-state index in [0.29, 0.717) is 12.1 Å². The molecule has 0 amide bonds. The average Bonchev–Trinajstić information content (AvgIpc) is 2.89. The normalized spacial score (nSPS) is 23.6. The molecule has 2 heterocycles. The van der Waals surface area contributed by atoms with Gasteiger partial charge >= 0.3 is 0 Å². The summed E-state index contributed by atoms with van der Waals surface area (Å²) in [5, 5.41) is 3.68. The maximum atomic E-state index is 4.54. The van der Waals surface area contributed by atoms with E-state index in [-0.39, 0.29) is 0 Å². The number of hydrogen-bond donors (Lipinski definition) is 1. The minimum Gasteiger partial charge on any atom is -0.353 e. The van der Waals surface area contributed by atoms with Crippen LogP contribution >= 0.6 is 0 Å². The molecule has 0 radical (unpaired) electrons. The molecule has 1 aromatic rings. The van der Waals surface area contributed by atoms with Crippen LogP contribution in [0.15, 0.2) is 12.4 Å². The molecule has 1 aliphatic carbocycles. The Kier molecular flexibility index (Phi) is 4.06. The van der Waals surface area contributed by atoms with E-state index in [2.05, 4.69) is 33.0 Å². The second-order valence-corrected chi connectivity index (χ2v) is 6.17. The van der Waals surface area contributed by atoms with Gasteiger partial charge in [-0.1, -0.05) is 19.3 Å². The van der Waals surface area contributed by atoms with E-state index in [1.54, 1.807) is 0 Å². The van der Waals surface area contributed by atoms with Crippen LogP contribution in [0.5, 0.6) is 0 Å². The molecular weight excluding hydrogens is 236 g/mol. The molecule has 1 saturated heterocycles. The summed E-state index contributed by atoms with van der Waals surface area (Å²) in [4.78, 5) is 6.96. The first kappa shape index (κ1) is 13.0. The standard InChI is InChI=1S/C15H26N4/c1-18-10-7-14(8-11-18)19-12-9-16-15(19)17-13-5-3-2-4-6-13/h9,12-14H,2-8,10-11H2,1H3,(H,16,17). The highest BCUT2D eigenvalue weighted by Gasteiger charge is 2.21. The summed E-state index contributed by atoms with van der Waals surface area (Å²) in [5.41, 5.74) is 0. The Morgan fingerprint density at radius 2 is 1.84 bits per heavy atom. The lowest BCUT2D eigenvalue weighted by Gasteiger charge is -2.31. The zero-order valence-electron chi connectivity index (χ0n) is 12.0. The Hall–Kier alpha value is -1.03. The van der Waals surface area contributed by atoms with Gasteiger partial charge in [0, 0.05) is 24.5 Å². The molecule has 0 aromatic carbocycles. The van der Waals surface area contributed by atoms with Crippen molar-refractivity contribution < 1.29 is 0 Å². The van der Waals surface area contributed by atoms with Crippen molar-refractivity contribution in [1.82, 2.24) is 14.5 Å². The Balaban J connectivity index is 1.64. The Labute approximate surface area is 116 Å². The van der Waals surface area contributed by atoms with E-state index in [1.165, 1.54) is 58.0 Å². The summed E-state index contributed by atoms with van der Waals surface area (Å²) >= 11 is 0. The van der Waals surface area contributed by atoms with Crippen molar-refractivity contribution in [2.75, 3.05) is 25.5 Å². The van der Waals surface area contributed by atoms with Crippen molar-refractivity contribution in [2.45, 2.75) is 57.0 Å². The molecule has 0 spiro atoms. The SMILES string of the molecule is CN1CCC(n2ccnc2NC2CCCCC2)CC1. The molecule has 2 aliphatic rings. The van der Waals surface area contributed by atoms with E-state index >= 15 is 0 Å². The van der Waals surface area contributed by atoms with Crippen molar-refractivity contribution in [2.24, 2.45) is 0 Å². The minimum atomic E-state index is 0.629. The van der Waals surface area contributed by atoms with Crippen molar-refractivity contribution in [1.29, 1.82) is 0 Å². The highest BCUT2D eigenvalue weighted by atomic mass is 15.2. The van der Waals surface area contributed by atoms with Crippen LogP contribution in [0.2, 0.25) is 0 Å². The fraction of sp³-hybridized carbons (Fsp3) is 0.800. The van der Waals surface area contributed by atoms with Crippen LogP contribution in [0, 0.1) is 0 Å². The van der Waals surface area contributed by atoms with Crippen molar-refractivity contribution in [3.63, 3.8) is 0 Å². The van der Waals surface area contributed by atoms with Crippen molar-refractivity contribution in [3.05, 3.63) is 12.4 Å². The molecule has 0 unspecified atom stereocenters. The van der Waals surface area contributed by atoms with Crippen molar-refractivity contribution in [3.8, 4) is 0 Å². The van der Waals surface area contributed by atoms with Gasteiger partial charge in [0.2, 0.25) is 5.95 Å². The fourth-order valence-electron chi connectivity index (χ4n) is 3.42.